The summed E-state index contributed by atoms with van der Waals surface area (Å²) in [7, 11) is 0. The van der Waals surface area contributed by atoms with Gasteiger partial charge in [-0.1, -0.05) is 17.7 Å². The molecule has 0 saturated heterocycles. The molecule has 4 heteroatoms. The van der Waals surface area contributed by atoms with E-state index in [0.29, 0.717) is 17.1 Å². The van der Waals surface area contributed by atoms with E-state index in [4.69, 9.17) is 10.5 Å². The highest BCUT2D eigenvalue weighted by Gasteiger charge is 2.03. The van der Waals surface area contributed by atoms with Crippen molar-refractivity contribution in [2.45, 2.75) is 6.92 Å². The van der Waals surface area contributed by atoms with Crippen molar-refractivity contribution in [3.05, 3.63) is 54.1 Å². The van der Waals surface area contributed by atoms with Crippen LogP contribution in [0.3, 0.4) is 0 Å². The van der Waals surface area contributed by atoms with Crippen LogP contribution in [0.4, 0.5) is 11.4 Å². The van der Waals surface area contributed by atoms with Crippen LogP contribution in [0.15, 0.2) is 48.5 Å². The molecule has 0 aromatic heterocycles. The fourth-order valence-electron chi connectivity index (χ4n) is 1.55. The number of carbonyl (C=O) groups excluding carboxylic acids is 1. The SMILES string of the molecule is Cc1ccc(OCC(=O)Nc2ccc(N)cc2)cc1. The lowest BCUT2D eigenvalue weighted by Crippen LogP contribution is -2.20. The molecule has 4 nitrogen and oxygen atoms in total. The molecule has 98 valence electrons. The summed E-state index contributed by atoms with van der Waals surface area (Å²) in [5.41, 5.74) is 8.08. The Morgan fingerprint density at radius 2 is 1.74 bits per heavy atom. The van der Waals surface area contributed by atoms with E-state index in [1.165, 1.54) is 0 Å². The summed E-state index contributed by atoms with van der Waals surface area (Å²) in [6, 6.07) is 14.5. The molecule has 0 saturated carbocycles. The second-order valence-corrected chi connectivity index (χ2v) is 4.27. The number of ether oxygens (including phenoxy) is 1. The van der Waals surface area contributed by atoms with Crippen LogP contribution in [0, 0.1) is 6.92 Å². The van der Waals surface area contributed by atoms with Crippen LogP contribution in [0.25, 0.3) is 0 Å². The number of amides is 1. The van der Waals surface area contributed by atoms with E-state index in [-0.39, 0.29) is 12.5 Å². The van der Waals surface area contributed by atoms with Crippen molar-refractivity contribution >= 4 is 17.3 Å². The van der Waals surface area contributed by atoms with E-state index < -0.39 is 0 Å². The fourth-order valence-corrected chi connectivity index (χ4v) is 1.55. The number of hydrogen-bond acceptors (Lipinski definition) is 3. The van der Waals surface area contributed by atoms with E-state index in [1.807, 2.05) is 31.2 Å². The molecule has 0 aliphatic heterocycles. The van der Waals surface area contributed by atoms with E-state index in [1.54, 1.807) is 24.3 Å². The van der Waals surface area contributed by atoms with Gasteiger partial charge in [-0.3, -0.25) is 4.79 Å². The number of nitrogen functional groups attached to an aromatic ring is 1. The summed E-state index contributed by atoms with van der Waals surface area (Å²) in [6.07, 6.45) is 0. The maximum absolute atomic E-state index is 11.7. The Labute approximate surface area is 112 Å². The summed E-state index contributed by atoms with van der Waals surface area (Å²) in [5, 5.41) is 2.73. The van der Waals surface area contributed by atoms with Crippen molar-refractivity contribution in [1.29, 1.82) is 0 Å². The molecule has 0 fully saturated rings. The van der Waals surface area contributed by atoms with Crippen LogP contribution >= 0.6 is 0 Å². The molecule has 2 rings (SSSR count). The number of hydrogen-bond donors (Lipinski definition) is 2. The van der Waals surface area contributed by atoms with Crippen LogP contribution in [0.1, 0.15) is 5.56 Å². The molecule has 0 atom stereocenters. The van der Waals surface area contributed by atoms with Gasteiger partial charge < -0.3 is 15.8 Å². The molecule has 0 aliphatic carbocycles. The Morgan fingerprint density at radius 3 is 2.37 bits per heavy atom. The molecular weight excluding hydrogens is 240 g/mol. The second kappa shape index (κ2) is 5.91. The second-order valence-electron chi connectivity index (χ2n) is 4.27. The molecule has 0 aliphatic rings. The lowest BCUT2D eigenvalue weighted by atomic mass is 10.2. The van der Waals surface area contributed by atoms with Crippen molar-refractivity contribution in [3.8, 4) is 5.75 Å². The molecular formula is C15H16N2O2. The first-order chi connectivity index (χ1) is 9.13. The fraction of sp³-hybridized carbons (Fsp3) is 0.133. The zero-order valence-corrected chi connectivity index (χ0v) is 10.7. The first-order valence-corrected chi connectivity index (χ1v) is 5.98. The first-order valence-electron chi connectivity index (χ1n) is 5.98. The molecule has 1 amide bonds. The number of benzene rings is 2. The van der Waals surface area contributed by atoms with E-state index in [9.17, 15) is 4.79 Å². The summed E-state index contributed by atoms with van der Waals surface area (Å²) < 4.78 is 5.38. The van der Waals surface area contributed by atoms with E-state index in [0.717, 1.165) is 5.56 Å². The third-order valence-electron chi connectivity index (χ3n) is 2.59. The number of carbonyl (C=O) groups is 1. The molecule has 0 heterocycles. The molecule has 0 radical (unpaired) electrons. The number of nitrogens with two attached hydrogens (primary N) is 1. The molecule has 0 unspecified atom stereocenters. The largest absolute Gasteiger partial charge is 0.484 e. The average molecular weight is 256 g/mol. The van der Waals surface area contributed by atoms with Gasteiger partial charge in [-0.15, -0.1) is 0 Å². The topological polar surface area (TPSA) is 64.3 Å². The van der Waals surface area contributed by atoms with Crippen molar-refractivity contribution in [2.24, 2.45) is 0 Å². The highest BCUT2D eigenvalue weighted by molar-refractivity contribution is 5.92. The zero-order chi connectivity index (χ0) is 13.7. The lowest BCUT2D eigenvalue weighted by Gasteiger charge is -2.07. The van der Waals surface area contributed by atoms with Crippen molar-refractivity contribution in [3.63, 3.8) is 0 Å². The highest BCUT2D eigenvalue weighted by Crippen LogP contribution is 2.12. The Bertz CT molecular complexity index is 547. The third kappa shape index (κ3) is 4.03. The average Bonchev–Trinajstić information content (AvgIpc) is 2.41. The molecule has 0 spiro atoms. The monoisotopic (exact) mass is 256 g/mol. The van der Waals surface area contributed by atoms with Crippen molar-refractivity contribution < 1.29 is 9.53 Å². The number of nitrogens with one attached hydrogen (secondary N) is 1. The van der Waals surface area contributed by atoms with Crippen LogP contribution in [0.2, 0.25) is 0 Å². The molecule has 2 aromatic rings. The lowest BCUT2D eigenvalue weighted by molar-refractivity contribution is -0.118. The normalized spacial score (nSPS) is 9.95. The van der Waals surface area contributed by atoms with Gasteiger partial charge in [0.25, 0.3) is 5.91 Å². The minimum atomic E-state index is -0.203. The molecule has 19 heavy (non-hydrogen) atoms. The van der Waals surface area contributed by atoms with Gasteiger partial charge in [0.2, 0.25) is 0 Å². The minimum absolute atomic E-state index is 0.0204. The Morgan fingerprint density at radius 1 is 1.11 bits per heavy atom. The number of anilines is 2. The van der Waals surface area contributed by atoms with E-state index >= 15 is 0 Å². The predicted molar refractivity (Wildman–Crippen MR) is 76.2 cm³/mol. The van der Waals surface area contributed by atoms with Gasteiger partial charge >= 0.3 is 0 Å². The van der Waals surface area contributed by atoms with Gasteiger partial charge in [-0.25, -0.2) is 0 Å². The molecule has 2 aromatic carbocycles. The summed E-state index contributed by atoms with van der Waals surface area (Å²) in [5.74, 6) is 0.475. The van der Waals surface area contributed by atoms with Crippen molar-refractivity contribution in [2.75, 3.05) is 17.7 Å². The molecule has 0 bridgehead atoms. The van der Waals surface area contributed by atoms with E-state index in [2.05, 4.69) is 5.32 Å². The van der Waals surface area contributed by atoms with Gasteiger partial charge in [0, 0.05) is 11.4 Å². The van der Waals surface area contributed by atoms with Gasteiger partial charge in [0.1, 0.15) is 5.75 Å². The van der Waals surface area contributed by atoms with Gasteiger partial charge in [0.05, 0.1) is 0 Å². The standard InChI is InChI=1S/C15H16N2O2/c1-11-2-8-14(9-3-11)19-10-15(18)17-13-6-4-12(16)5-7-13/h2-9H,10,16H2,1H3,(H,17,18). The van der Waals surface area contributed by atoms with Crippen molar-refractivity contribution in [1.82, 2.24) is 0 Å². The van der Waals surface area contributed by atoms with Crippen LogP contribution in [0.5, 0.6) is 5.75 Å². The van der Waals surface area contributed by atoms with Gasteiger partial charge in [-0.05, 0) is 43.3 Å². The number of rotatable bonds is 4. The maximum atomic E-state index is 11.7. The zero-order valence-electron chi connectivity index (χ0n) is 10.7. The van der Waals surface area contributed by atoms with Crippen LogP contribution in [-0.4, -0.2) is 12.5 Å². The third-order valence-corrected chi connectivity index (χ3v) is 2.59. The predicted octanol–water partition coefficient (Wildman–Crippen LogP) is 2.59. The highest BCUT2D eigenvalue weighted by atomic mass is 16.5. The maximum Gasteiger partial charge on any atom is 0.262 e. The Kier molecular flexibility index (Phi) is 4.03. The van der Waals surface area contributed by atoms with Crippen LogP contribution in [-0.2, 0) is 4.79 Å². The Hall–Kier alpha value is -2.49. The summed E-state index contributed by atoms with van der Waals surface area (Å²) in [6.45, 7) is 1.98. The number of aryl methyl sites for hydroxylation is 1. The van der Waals surface area contributed by atoms with Gasteiger partial charge in [-0.2, -0.15) is 0 Å². The van der Waals surface area contributed by atoms with Gasteiger partial charge in [0.15, 0.2) is 6.61 Å². The quantitative estimate of drug-likeness (QED) is 0.826. The molecule has 3 N–H and O–H groups in total. The smallest absolute Gasteiger partial charge is 0.262 e. The Balaban J connectivity index is 1.84. The summed E-state index contributed by atoms with van der Waals surface area (Å²) in [4.78, 5) is 11.7. The summed E-state index contributed by atoms with van der Waals surface area (Å²) >= 11 is 0. The minimum Gasteiger partial charge on any atom is -0.484 e. The first kappa shape index (κ1) is 13.0. The van der Waals surface area contributed by atoms with Crippen LogP contribution < -0.4 is 15.8 Å².